The van der Waals surface area contributed by atoms with Crippen molar-refractivity contribution in [3.05, 3.63) is 42.1 Å². The van der Waals surface area contributed by atoms with Crippen LogP contribution in [-0.2, 0) is 12.5 Å². The van der Waals surface area contributed by atoms with Crippen molar-refractivity contribution < 1.29 is 0 Å². The molecule has 0 bridgehead atoms. The minimum atomic E-state index is 0.00212. The zero-order chi connectivity index (χ0) is 16.7. The lowest BCUT2D eigenvalue weighted by Gasteiger charge is -2.40. The van der Waals surface area contributed by atoms with E-state index in [0.717, 1.165) is 54.2 Å². The number of rotatable bonds is 2. The summed E-state index contributed by atoms with van der Waals surface area (Å²) >= 11 is 0. The van der Waals surface area contributed by atoms with Crippen molar-refractivity contribution in [1.82, 2.24) is 24.7 Å². The predicted molar refractivity (Wildman–Crippen MR) is 94.1 cm³/mol. The van der Waals surface area contributed by atoms with Gasteiger partial charge in [0.15, 0.2) is 5.65 Å². The molecule has 4 heterocycles. The summed E-state index contributed by atoms with van der Waals surface area (Å²) in [7, 11) is 1.96. The van der Waals surface area contributed by atoms with Crippen LogP contribution in [-0.4, -0.2) is 37.8 Å². The number of anilines is 1. The molecule has 124 valence electrons. The second-order valence-electron chi connectivity index (χ2n) is 6.93. The van der Waals surface area contributed by atoms with E-state index in [1.807, 2.05) is 24.9 Å². The van der Waals surface area contributed by atoms with E-state index >= 15 is 0 Å². The number of piperidine rings is 1. The summed E-state index contributed by atoms with van der Waals surface area (Å²) in [5.41, 5.74) is 3.12. The molecule has 6 heteroatoms. The van der Waals surface area contributed by atoms with Gasteiger partial charge in [-0.25, -0.2) is 9.97 Å². The van der Waals surface area contributed by atoms with Crippen LogP contribution in [0.5, 0.6) is 0 Å². The van der Waals surface area contributed by atoms with Crippen LogP contribution < -0.4 is 4.90 Å². The van der Waals surface area contributed by atoms with Crippen LogP contribution >= 0.6 is 0 Å². The van der Waals surface area contributed by atoms with E-state index in [9.17, 15) is 0 Å². The first kappa shape index (κ1) is 15.1. The maximum Gasteiger partial charge on any atom is 0.158 e. The number of hydrogen-bond acceptors (Lipinski definition) is 5. The Morgan fingerprint density at radius 2 is 2.08 bits per heavy atom. The lowest BCUT2D eigenvalue weighted by molar-refractivity contribution is 0.363. The van der Waals surface area contributed by atoms with E-state index in [1.54, 1.807) is 12.4 Å². The van der Waals surface area contributed by atoms with Crippen LogP contribution in [0, 0.1) is 6.92 Å². The molecule has 1 aliphatic rings. The highest BCUT2D eigenvalue weighted by atomic mass is 15.3. The Hall–Kier alpha value is -2.50. The highest BCUT2D eigenvalue weighted by molar-refractivity contribution is 5.78. The van der Waals surface area contributed by atoms with Gasteiger partial charge in [-0.15, -0.1) is 0 Å². The van der Waals surface area contributed by atoms with E-state index in [2.05, 4.69) is 39.0 Å². The summed E-state index contributed by atoms with van der Waals surface area (Å²) in [6.45, 7) is 6.25. The Balaban J connectivity index is 1.70. The Morgan fingerprint density at radius 1 is 1.21 bits per heavy atom. The topological polar surface area (TPSA) is 59.7 Å². The van der Waals surface area contributed by atoms with Crippen molar-refractivity contribution in [3.63, 3.8) is 0 Å². The van der Waals surface area contributed by atoms with E-state index in [4.69, 9.17) is 4.98 Å². The first-order chi connectivity index (χ1) is 11.6. The number of hydrogen-bond donors (Lipinski definition) is 0. The monoisotopic (exact) mass is 322 g/mol. The molecule has 0 spiro atoms. The molecule has 1 saturated heterocycles. The third-order valence-electron chi connectivity index (χ3n) is 5.06. The fraction of sp³-hybridized carbons (Fsp3) is 0.444. The standard InChI is InChI=1S/C18H22N6/c1-13-14-5-6-15(21-17(14)23(3)22-13)18(2)7-4-10-24(12-18)16-11-19-8-9-20-16/h5-6,8-9,11H,4,7,10,12H2,1-3H3/t18-/m0/s1. The van der Waals surface area contributed by atoms with Crippen LogP contribution in [0.3, 0.4) is 0 Å². The normalized spacial score (nSPS) is 21.4. The Labute approximate surface area is 141 Å². The van der Waals surface area contributed by atoms with Crippen molar-refractivity contribution >= 4 is 16.9 Å². The van der Waals surface area contributed by atoms with Crippen LogP contribution in [0.1, 0.15) is 31.2 Å². The molecule has 0 N–H and O–H groups in total. The first-order valence-electron chi connectivity index (χ1n) is 8.39. The van der Waals surface area contributed by atoms with Crippen LogP contribution in [0.2, 0.25) is 0 Å². The average Bonchev–Trinajstić information content (AvgIpc) is 2.90. The molecular formula is C18H22N6. The van der Waals surface area contributed by atoms with Gasteiger partial charge in [-0.05, 0) is 31.9 Å². The molecule has 1 fully saturated rings. The number of nitrogens with zero attached hydrogens (tertiary/aromatic N) is 6. The Morgan fingerprint density at radius 3 is 2.88 bits per heavy atom. The summed E-state index contributed by atoms with van der Waals surface area (Å²) in [4.78, 5) is 15.9. The Bertz CT molecular complexity index is 872. The fourth-order valence-corrected chi connectivity index (χ4v) is 3.74. The zero-order valence-electron chi connectivity index (χ0n) is 14.4. The fourth-order valence-electron chi connectivity index (χ4n) is 3.74. The van der Waals surface area contributed by atoms with Gasteiger partial charge in [-0.1, -0.05) is 6.92 Å². The van der Waals surface area contributed by atoms with Gasteiger partial charge in [-0.2, -0.15) is 5.10 Å². The van der Waals surface area contributed by atoms with Gasteiger partial charge in [0.1, 0.15) is 5.82 Å². The Kier molecular flexibility index (Phi) is 3.48. The molecular weight excluding hydrogens is 300 g/mol. The summed E-state index contributed by atoms with van der Waals surface area (Å²) in [5.74, 6) is 0.945. The molecule has 1 aliphatic heterocycles. The van der Waals surface area contributed by atoms with Gasteiger partial charge in [0.25, 0.3) is 0 Å². The predicted octanol–water partition coefficient (Wildman–Crippen LogP) is 2.62. The smallest absolute Gasteiger partial charge is 0.158 e. The molecule has 0 saturated carbocycles. The maximum absolute atomic E-state index is 4.96. The molecule has 0 amide bonds. The number of fused-ring (bicyclic) bond motifs is 1. The van der Waals surface area contributed by atoms with E-state index in [-0.39, 0.29) is 5.41 Å². The summed E-state index contributed by atoms with van der Waals surface area (Å²) in [6, 6.07) is 4.32. The van der Waals surface area contributed by atoms with Crippen molar-refractivity contribution in [1.29, 1.82) is 0 Å². The molecule has 0 radical (unpaired) electrons. The minimum absolute atomic E-state index is 0.00212. The molecule has 4 rings (SSSR count). The lowest BCUT2D eigenvalue weighted by Crippen LogP contribution is -2.45. The average molecular weight is 322 g/mol. The molecule has 0 unspecified atom stereocenters. The summed E-state index contributed by atoms with van der Waals surface area (Å²) in [6.07, 6.45) is 7.56. The molecule has 3 aromatic heterocycles. The first-order valence-corrected chi connectivity index (χ1v) is 8.39. The van der Waals surface area contributed by atoms with E-state index in [1.165, 1.54) is 0 Å². The van der Waals surface area contributed by atoms with E-state index in [0.29, 0.717) is 0 Å². The zero-order valence-corrected chi connectivity index (χ0v) is 14.4. The second-order valence-corrected chi connectivity index (χ2v) is 6.93. The van der Waals surface area contributed by atoms with Crippen LogP contribution in [0.4, 0.5) is 5.82 Å². The second kappa shape index (κ2) is 5.54. The van der Waals surface area contributed by atoms with Crippen molar-refractivity contribution in [2.24, 2.45) is 7.05 Å². The largest absolute Gasteiger partial charge is 0.354 e. The summed E-state index contributed by atoms with van der Waals surface area (Å²) in [5, 5.41) is 5.62. The van der Waals surface area contributed by atoms with Crippen LogP contribution in [0.15, 0.2) is 30.7 Å². The lowest BCUT2D eigenvalue weighted by atomic mass is 9.78. The van der Waals surface area contributed by atoms with Gasteiger partial charge < -0.3 is 4.90 Å². The number of pyridine rings is 1. The molecule has 3 aromatic rings. The molecule has 0 aromatic carbocycles. The molecule has 0 aliphatic carbocycles. The van der Waals surface area contributed by atoms with Gasteiger partial charge in [0.2, 0.25) is 0 Å². The van der Waals surface area contributed by atoms with E-state index < -0.39 is 0 Å². The summed E-state index contributed by atoms with van der Waals surface area (Å²) < 4.78 is 1.88. The van der Waals surface area contributed by atoms with Crippen molar-refractivity contribution in [2.75, 3.05) is 18.0 Å². The van der Waals surface area contributed by atoms with Gasteiger partial charge in [0, 0.05) is 43.3 Å². The van der Waals surface area contributed by atoms with Gasteiger partial charge in [0.05, 0.1) is 17.6 Å². The SMILES string of the molecule is Cc1nn(C)c2nc([C@@]3(C)CCCN(c4cnccn4)C3)ccc12. The molecule has 1 atom stereocenters. The molecule has 24 heavy (non-hydrogen) atoms. The van der Waals surface area contributed by atoms with Crippen molar-refractivity contribution in [3.8, 4) is 0 Å². The minimum Gasteiger partial charge on any atom is -0.354 e. The third kappa shape index (κ3) is 2.42. The number of aryl methyl sites for hydroxylation is 2. The highest BCUT2D eigenvalue weighted by Gasteiger charge is 2.35. The molecule has 6 nitrogen and oxygen atoms in total. The maximum atomic E-state index is 4.96. The van der Waals surface area contributed by atoms with Crippen molar-refractivity contribution in [2.45, 2.75) is 32.1 Å². The quantitative estimate of drug-likeness (QED) is 0.726. The van der Waals surface area contributed by atoms with Gasteiger partial charge >= 0.3 is 0 Å². The van der Waals surface area contributed by atoms with Crippen LogP contribution in [0.25, 0.3) is 11.0 Å². The van der Waals surface area contributed by atoms with Gasteiger partial charge in [-0.3, -0.25) is 9.67 Å². The highest BCUT2D eigenvalue weighted by Crippen LogP contribution is 2.35. The number of aromatic nitrogens is 5. The third-order valence-corrected chi connectivity index (χ3v) is 5.06.